The van der Waals surface area contributed by atoms with Gasteiger partial charge in [-0.3, -0.25) is 9.69 Å². The quantitative estimate of drug-likeness (QED) is 0.393. The zero-order valence-electron chi connectivity index (χ0n) is 19.3. The molecule has 0 N–H and O–H groups in total. The summed E-state index contributed by atoms with van der Waals surface area (Å²) in [5.74, 6) is 2.56. The molecular formula is C28H28N2O4. The Bertz CT molecular complexity index is 1270. The van der Waals surface area contributed by atoms with E-state index < -0.39 is 0 Å². The monoisotopic (exact) mass is 456 g/mol. The van der Waals surface area contributed by atoms with Crippen LogP contribution in [-0.2, 0) is 13.2 Å². The van der Waals surface area contributed by atoms with Crippen LogP contribution in [0.15, 0.2) is 83.3 Å². The van der Waals surface area contributed by atoms with E-state index in [-0.39, 0.29) is 12.5 Å². The Morgan fingerprint density at radius 3 is 2.50 bits per heavy atom. The lowest BCUT2D eigenvalue weighted by molar-refractivity contribution is 0.0594. The van der Waals surface area contributed by atoms with E-state index in [1.165, 1.54) is 10.9 Å². The predicted octanol–water partition coefficient (Wildman–Crippen LogP) is 4.98. The third-order valence-corrected chi connectivity index (χ3v) is 6.17. The molecule has 34 heavy (non-hydrogen) atoms. The Hall–Kier alpha value is -3.77. The number of benzene rings is 3. The lowest BCUT2D eigenvalue weighted by Gasteiger charge is -2.34. The molecule has 0 bridgehead atoms. The van der Waals surface area contributed by atoms with Crippen LogP contribution in [0.2, 0.25) is 0 Å². The van der Waals surface area contributed by atoms with E-state index in [0.717, 1.165) is 36.5 Å². The second kappa shape index (κ2) is 10.0. The smallest absolute Gasteiger partial charge is 0.289 e. The van der Waals surface area contributed by atoms with Crippen LogP contribution in [0.1, 0.15) is 21.9 Å². The minimum absolute atomic E-state index is 0.0713. The molecule has 1 fully saturated rings. The topological polar surface area (TPSA) is 55.2 Å². The van der Waals surface area contributed by atoms with Gasteiger partial charge in [-0.15, -0.1) is 0 Å². The number of amides is 1. The molecule has 0 unspecified atom stereocenters. The van der Waals surface area contributed by atoms with Gasteiger partial charge in [0.1, 0.15) is 23.9 Å². The molecule has 6 heteroatoms. The Morgan fingerprint density at radius 2 is 1.68 bits per heavy atom. The highest BCUT2D eigenvalue weighted by Gasteiger charge is 2.24. The number of rotatable bonds is 7. The van der Waals surface area contributed by atoms with Gasteiger partial charge in [-0.05, 0) is 52.7 Å². The minimum Gasteiger partial charge on any atom is -0.497 e. The fraction of sp³-hybridized carbons (Fsp3) is 0.250. The average Bonchev–Trinajstić information content (AvgIpc) is 3.36. The number of furan rings is 1. The molecule has 1 aliphatic heterocycles. The van der Waals surface area contributed by atoms with Crippen LogP contribution in [0.3, 0.4) is 0 Å². The number of hydrogen-bond donors (Lipinski definition) is 0. The minimum atomic E-state index is -0.0713. The van der Waals surface area contributed by atoms with Gasteiger partial charge in [0.25, 0.3) is 5.91 Å². The highest BCUT2D eigenvalue weighted by Crippen LogP contribution is 2.22. The summed E-state index contributed by atoms with van der Waals surface area (Å²) in [6.07, 6.45) is 0. The van der Waals surface area contributed by atoms with Crippen LogP contribution < -0.4 is 9.47 Å². The molecule has 1 saturated heterocycles. The molecule has 4 aromatic rings. The molecular weight excluding hydrogens is 428 g/mol. The van der Waals surface area contributed by atoms with Crippen molar-refractivity contribution in [2.45, 2.75) is 13.2 Å². The number of carbonyl (C=O) groups excluding carboxylic acids is 1. The first kappa shape index (κ1) is 22.0. The number of hydrogen-bond acceptors (Lipinski definition) is 5. The largest absolute Gasteiger partial charge is 0.497 e. The van der Waals surface area contributed by atoms with Crippen molar-refractivity contribution < 1.29 is 18.7 Å². The second-order valence-corrected chi connectivity index (χ2v) is 8.48. The maximum Gasteiger partial charge on any atom is 0.289 e. The van der Waals surface area contributed by atoms with Crippen LogP contribution in [0.4, 0.5) is 0 Å². The molecule has 0 radical (unpaired) electrons. The Kier molecular flexibility index (Phi) is 6.49. The molecule has 1 aliphatic rings. The summed E-state index contributed by atoms with van der Waals surface area (Å²) >= 11 is 0. The van der Waals surface area contributed by atoms with Crippen molar-refractivity contribution in [1.82, 2.24) is 9.80 Å². The van der Waals surface area contributed by atoms with Crippen LogP contribution in [0.25, 0.3) is 10.8 Å². The zero-order chi connectivity index (χ0) is 23.3. The van der Waals surface area contributed by atoms with Gasteiger partial charge in [0, 0.05) is 32.7 Å². The van der Waals surface area contributed by atoms with Crippen molar-refractivity contribution >= 4 is 16.7 Å². The summed E-state index contributed by atoms with van der Waals surface area (Å²) in [5.41, 5.74) is 1.21. The van der Waals surface area contributed by atoms with Gasteiger partial charge in [-0.1, -0.05) is 42.5 Å². The fourth-order valence-electron chi connectivity index (χ4n) is 4.28. The maximum absolute atomic E-state index is 12.9. The van der Waals surface area contributed by atoms with Gasteiger partial charge in [0.2, 0.25) is 0 Å². The van der Waals surface area contributed by atoms with Gasteiger partial charge < -0.3 is 18.8 Å². The molecule has 5 rings (SSSR count). The van der Waals surface area contributed by atoms with Crippen molar-refractivity contribution in [3.05, 3.63) is 95.9 Å². The van der Waals surface area contributed by atoms with Crippen LogP contribution in [0.5, 0.6) is 11.5 Å². The molecule has 0 aliphatic carbocycles. The van der Waals surface area contributed by atoms with Crippen molar-refractivity contribution in [3.63, 3.8) is 0 Å². The highest BCUT2D eigenvalue weighted by atomic mass is 16.5. The Labute approximate surface area is 199 Å². The zero-order valence-corrected chi connectivity index (χ0v) is 19.3. The highest BCUT2D eigenvalue weighted by molar-refractivity contribution is 5.91. The average molecular weight is 457 g/mol. The van der Waals surface area contributed by atoms with E-state index >= 15 is 0 Å². The van der Waals surface area contributed by atoms with Crippen molar-refractivity contribution in [3.8, 4) is 11.5 Å². The Morgan fingerprint density at radius 1 is 0.853 bits per heavy atom. The molecule has 6 nitrogen and oxygen atoms in total. The van der Waals surface area contributed by atoms with E-state index in [0.29, 0.717) is 24.6 Å². The SMILES string of the molecule is COc1cccc(CN2CCN(C(=O)c3ccc(COc4ccc5ccccc5c4)o3)CC2)c1. The van der Waals surface area contributed by atoms with Gasteiger partial charge >= 0.3 is 0 Å². The molecule has 0 spiro atoms. The summed E-state index contributed by atoms with van der Waals surface area (Å²) < 4.78 is 17.0. The second-order valence-electron chi connectivity index (χ2n) is 8.48. The van der Waals surface area contributed by atoms with Crippen molar-refractivity contribution in [2.24, 2.45) is 0 Å². The summed E-state index contributed by atoms with van der Waals surface area (Å²) in [7, 11) is 1.68. The normalized spacial score (nSPS) is 14.3. The molecule has 0 atom stereocenters. The summed E-state index contributed by atoms with van der Waals surface area (Å²) in [6.45, 7) is 4.11. The number of piperazine rings is 1. The number of methoxy groups -OCH3 is 1. The first-order valence-corrected chi connectivity index (χ1v) is 11.5. The summed E-state index contributed by atoms with van der Waals surface area (Å²) in [4.78, 5) is 17.1. The van der Waals surface area contributed by atoms with E-state index in [9.17, 15) is 4.79 Å². The van der Waals surface area contributed by atoms with Gasteiger partial charge in [-0.2, -0.15) is 0 Å². The Balaban J connectivity index is 1.13. The standard InChI is InChI=1S/C28H28N2O4/c1-32-24-8-4-5-21(17-24)19-29-13-15-30(16-14-29)28(31)27-12-11-26(34-27)20-33-25-10-9-22-6-2-3-7-23(22)18-25/h2-12,17-18H,13-16,19-20H2,1H3. The predicted molar refractivity (Wildman–Crippen MR) is 131 cm³/mol. The molecule has 2 heterocycles. The molecule has 3 aromatic carbocycles. The first-order valence-electron chi connectivity index (χ1n) is 11.5. The lowest BCUT2D eigenvalue weighted by Crippen LogP contribution is -2.48. The summed E-state index contributed by atoms with van der Waals surface area (Å²) in [6, 6.07) is 25.8. The van der Waals surface area contributed by atoms with Gasteiger partial charge in [-0.25, -0.2) is 0 Å². The van der Waals surface area contributed by atoms with E-state index in [4.69, 9.17) is 13.9 Å². The fourth-order valence-corrected chi connectivity index (χ4v) is 4.28. The number of fused-ring (bicyclic) bond motifs is 1. The van der Waals surface area contributed by atoms with Crippen LogP contribution >= 0.6 is 0 Å². The molecule has 174 valence electrons. The van der Waals surface area contributed by atoms with Crippen LogP contribution in [-0.4, -0.2) is 49.0 Å². The van der Waals surface area contributed by atoms with Gasteiger partial charge in [0.05, 0.1) is 7.11 Å². The third-order valence-electron chi connectivity index (χ3n) is 6.17. The van der Waals surface area contributed by atoms with Crippen LogP contribution in [0, 0.1) is 0 Å². The van der Waals surface area contributed by atoms with E-state index in [2.05, 4.69) is 29.2 Å². The maximum atomic E-state index is 12.9. The van der Waals surface area contributed by atoms with E-state index in [1.54, 1.807) is 13.2 Å². The summed E-state index contributed by atoms with van der Waals surface area (Å²) in [5, 5.41) is 2.30. The van der Waals surface area contributed by atoms with E-state index in [1.807, 2.05) is 53.4 Å². The number of nitrogens with zero attached hydrogens (tertiary/aromatic N) is 2. The van der Waals surface area contributed by atoms with Crippen molar-refractivity contribution in [1.29, 1.82) is 0 Å². The molecule has 1 amide bonds. The van der Waals surface area contributed by atoms with Crippen molar-refractivity contribution in [2.75, 3.05) is 33.3 Å². The molecule has 1 aromatic heterocycles. The first-order chi connectivity index (χ1) is 16.7. The molecule has 0 saturated carbocycles. The number of carbonyl (C=O) groups is 1. The van der Waals surface area contributed by atoms with Gasteiger partial charge in [0.15, 0.2) is 5.76 Å². The lowest BCUT2D eigenvalue weighted by atomic mass is 10.1. The number of ether oxygens (including phenoxy) is 2. The third kappa shape index (κ3) is 5.07.